The molecule has 0 bridgehead atoms. The third kappa shape index (κ3) is 2.76. The maximum atomic E-state index is 13.9. The van der Waals surface area contributed by atoms with Crippen molar-refractivity contribution in [3.63, 3.8) is 0 Å². The largest absolute Gasteiger partial charge is 0.385 e. The monoisotopic (exact) mass is 304 g/mol. The molecular formula is C16H21FN4O. The molecule has 6 heteroatoms. The van der Waals surface area contributed by atoms with E-state index in [-0.39, 0.29) is 17.9 Å². The molecule has 0 saturated carbocycles. The summed E-state index contributed by atoms with van der Waals surface area (Å²) in [5.74, 6) is -0.284. The van der Waals surface area contributed by atoms with Crippen molar-refractivity contribution in [3.8, 4) is 0 Å². The molecule has 1 aromatic heterocycles. The maximum absolute atomic E-state index is 13.9. The second kappa shape index (κ2) is 5.44. The average molecular weight is 304 g/mol. The highest BCUT2D eigenvalue weighted by atomic mass is 19.1. The van der Waals surface area contributed by atoms with Gasteiger partial charge in [-0.05, 0) is 37.5 Å². The second-order valence-corrected chi connectivity index (χ2v) is 6.34. The van der Waals surface area contributed by atoms with Crippen molar-refractivity contribution in [3.05, 3.63) is 47.0 Å². The Morgan fingerprint density at radius 2 is 2.18 bits per heavy atom. The zero-order valence-electron chi connectivity index (χ0n) is 13.0. The average Bonchev–Trinajstić information content (AvgIpc) is 2.87. The number of benzene rings is 1. The fraction of sp³-hybridized carbons (Fsp3) is 0.500. The van der Waals surface area contributed by atoms with E-state index in [4.69, 9.17) is 0 Å². The molecule has 1 aromatic carbocycles. The summed E-state index contributed by atoms with van der Waals surface area (Å²) in [5, 5.41) is 22.6. The number of aryl methyl sites for hydroxylation is 2. The van der Waals surface area contributed by atoms with Gasteiger partial charge in [0, 0.05) is 25.7 Å². The molecule has 3 rings (SSSR count). The zero-order valence-corrected chi connectivity index (χ0v) is 13.0. The third-order valence-corrected chi connectivity index (χ3v) is 4.36. The van der Waals surface area contributed by atoms with Crippen molar-refractivity contribution in [2.75, 3.05) is 0 Å². The van der Waals surface area contributed by atoms with Gasteiger partial charge in [0.05, 0.1) is 17.3 Å². The molecule has 3 atom stereocenters. The van der Waals surface area contributed by atoms with Crippen molar-refractivity contribution in [1.29, 1.82) is 0 Å². The summed E-state index contributed by atoms with van der Waals surface area (Å²) in [4.78, 5) is 0. The predicted molar refractivity (Wildman–Crippen MR) is 80.6 cm³/mol. The summed E-state index contributed by atoms with van der Waals surface area (Å²) in [7, 11) is 1.81. The lowest BCUT2D eigenvalue weighted by molar-refractivity contribution is -0.0238. The summed E-state index contributed by atoms with van der Waals surface area (Å²) in [6, 6.07) is 4.96. The smallest absolute Gasteiger partial charge is 0.126 e. The lowest BCUT2D eigenvalue weighted by Gasteiger charge is -2.40. The molecule has 0 amide bonds. The highest BCUT2D eigenvalue weighted by Gasteiger charge is 2.40. The van der Waals surface area contributed by atoms with E-state index in [0.717, 1.165) is 5.69 Å². The fourth-order valence-corrected chi connectivity index (χ4v) is 3.22. The molecule has 22 heavy (non-hydrogen) atoms. The Morgan fingerprint density at radius 3 is 2.82 bits per heavy atom. The number of hydrogen-bond acceptors (Lipinski definition) is 4. The minimum atomic E-state index is -1.07. The highest BCUT2D eigenvalue weighted by molar-refractivity contribution is 5.29. The molecule has 0 radical (unpaired) electrons. The standard InChI is InChI=1S/C16H21FN4O/c1-10-4-5-12(6-13(10)17)16(22)7-11(2)18-14(8-16)15-9-21(3)20-19-15/h4-6,9,11,14,18,22H,7-8H2,1-3H3/t11-,14-,16-/m0/s1. The van der Waals surface area contributed by atoms with E-state index in [1.807, 2.05) is 26.2 Å². The molecular weight excluding hydrogens is 283 g/mol. The summed E-state index contributed by atoms with van der Waals surface area (Å²) in [6.07, 6.45) is 2.82. The van der Waals surface area contributed by atoms with Crippen molar-refractivity contribution in [2.24, 2.45) is 7.05 Å². The van der Waals surface area contributed by atoms with E-state index >= 15 is 0 Å². The van der Waals surface area contributed by atoms with Gasteiger partial charge in [0.15, 0.2) is 0 Å². The van der Waals surface area contributed by atoms with E-state index in [9.17, 15) is 9.50 Å². The molecule has 118 valence electrons. The van der Waals surface area contributed by atoms with E-state index in [2.05, 4.69) is 15.6 Å². The topological polar surface area (TPSA) is 63.0 Å². The SMILES string of the molecule is Cc1ccc([C@@]2(O)C[C@@H](c3cn(C)nn3)N[C@@H](C)C2)cc1F. The number of rotatable bonds is 2. The first-order chi connectivity index (χ1) is 10.4. The molecule has 0 spiro atoms. The van der Waals surface area contributed by atoms with Crippen LogP contribution in [0, 0.1) is 12.7 Å². The quantitative estimate of drug-likeness (QED) is 0.890. The number of aliphatic hydroxyl groups is 1. The summed E-state index contributed by atoms with van der Waals surface area (Å²) in [5.41, 5.74) is 0.930. The lowest BCUT2D eigenvalue weighted by Crippen LogP contribution is -2.47. The van der Waals surface area contributed by atoms with Gasteiger partial charge in [-0.25, -0.2) is 4.39 Å². The molecule has 1 fully saturated rings. The van der Waals surface area contributed by atoms with Gasteiger partial charge in [0.2, 0.25) is 0 Å². The second-order valence-electron chi connectivity index (χ2n) is 6.34. The van der Waals surface area contributed by atoms with Gasteiger partial charge in [-0.15, -0.1) is 5.10 Å². The van der Waals surface area contributed by atoms with Crippen molar-refractivity contribution < 1.29 is 9.50 Å². The van der Waals surface area contributed by atoms with Crippen LogP contribution < -0.4 is 5.32 Å². The van der Waals surface area contributed by atoms with Crippen LogP contribution in [0.15, 0.2) is 24.4 Å². The molecule has 1 saturated heterocycles. The lowest BCUT2D eigenvalue weighted by atomic mass is 9.78. The Labute approximate surface area is 129 Å². The molecule has 2 aromatic rings. The van der Waals surface area contributed by atoms with Gasteiger partial charge in [-0.3, -0.25) is 4.68 Å². The van der Waals surface area contributed by atoms with E-state index < -0.39 is 5.60 Å². The summed E-state index contributed by atoms with van der Waals surface area (Å²) >= 11 is 0. The van der Waals surface area contributed by atoms with Crippen LogP contribution in [-0.4, -0.2) is 26.1 Å². The molecule has 2 heterocycles. The van der Waals surface area contributed by atoms with E-state index in [0.29, 0.717) is 24.0 Å². The van der Waals surface area contributed by atoms with Gasteiger partial charge in [0.25, 0.3) is 0 Å². The number of halogens is 1. The number of hydrogen-bond donors (Lipinski definition) is 2. The minimum Gasteiger partial charge on any atom is -0.385 e. The third-order valence-electron chi connectivity index (χ3n) is 4.36. The van der Waals surface area contributed by atoms with E-state index in [1.165, 1.54) is 6.07 Å². The van der Waals surface area contributed by atoms with Crippen molar-refractivity contribution in [2.45, 2.75) is 44.4 Å². The van der Waals surface area contributed by atoms with Crippen LogP contribution in [0.25, 0.3) is 0 Å². The van der Waals surface area contributed by atoms with E-state index in [1.54, 1.807) is 17.7 Å². The first kappa shape index (κ1) is 15.1. The molecule has 5 nitrogen and oxygen atoms in total. The Hall–Kier alpha value is -1.79. The predicted octanol–water partition coefficient (Wildman–Crippen LogP) is 1.96. The molecule has 0 aliphatic carbocycles. The minimum absolute atomic E-state index is 0.0927. The Kier molecular flexibility index (Phi) is 3.74. The molecule has 2 N–H and O–H groups in total. The van der Waals surface area contributed by atoms with Crippen molar-refractivity contribution in [1.82, 2.24) is 20.3 Å². The molecule has 1 aliphatic rings. The Morgan fingerprint density at radius 1 is 1.41 bits per heavy atom. The van der Waals surface area contributed by atoms with Crippen LogP contribution in [-0.2, 0) is 12.6 Å². The number of nitrogens with zero attached hydrogens (tertiary/aromatic N) is 3. The molecule has 0 unspecified atom stereocenters. The van der Waals surface area contributed by atoms with Crippen LogP contribution >= 0.6 is 0 Å². The van der Waals surface area contributed by atoms with Gasteiger partial charge in [-0.2, -0.15) is 0 Å². The van der Waals surface area contributed by atoms with Gasteiger partial charge in [0.1, 0.15) is 5.82 Å². The first-order valence-electron chi connectivity index (χ1n) is 7.49. The van der Waals surface area contributed by atoms with Gasteiger partial charge >= 0.3 is 0 Å². The Bertz CT molecular complexity index is 687. The fourth-order valence-electron chi connectivity index (χ4n) is 3.22. The first-order valence-corrected chi connectivity index (χ1v) is 7.49. The highest BCUT2D eigenvalue weighted by Crippen LogP contribution is 2.39. The Balaban J connectivity index is 1.93. The number of piperidine rings is 1. The zero-order chi connectivity index (χ0) is 15.9. The van der Waals surface area contributed by atoms with Crippen LogP contribution in [0.2, 0.25) is 0 Å². The van der Waals surface area contributed by atoms with Crippen molar-refractivity contribution >= 4 is 0 Å². The van der Waals surface area contributed by atoms with Crippen LogP contribution in [0.3, 0.4) is 0 Å². The van der Waals surface area contributed by atoms with Gasteiger partial charge in [-0.1, -0.05) is 17.3 Å². The van der Waals surface area contributed by atoms with Crippen LogP contribution in [0.4, 0.5) is 4.39 Å². The maximum Gasteiger partial charge on any atom is 0.126 e. The van der Waals surface area contributed by atoms with Crippen LogP contribution in [0.1, 0.15) is 42.6 Å². The normalized spacial score (nSPS) is 28.8. The van der Waals surface area contributed by atoms with Crippen LogP contribution in [0.5, 0.6) is 0 Å². The molecule has 1 aliphatic heterocycles. The van der Waals surface area contributed by atoms with Gasteiger partial charge < -0.3 is 10.4 Å². The number of aromatic nitrogens is 3. The number of nitrogens with one attached hydrogen (secondary N) is 1. The summed E-state index contributed by atoms with van der Waals surface area (Å²) in [6.45, 7) is 3.73. The summed E-state index contributed by atoms with van der Waals surface area (Å²) < 4.78 is 15.5.